The fourth-order valence-electron chi connectivity index (χ4n) is 3.56. The summed E-state index contributed by atoms with van der Waals surface area (Å²) in [7, 11) is 0. The van der Waals surface area contributed by atoms with Crippen molar-refractivity contribution in [1.82, 2.24) is 14.7 Å². The number of amides is 1. The van der Waals surface area contributed by atoms with Crippen LogP contribution in [0.1, 0.15) is 30.1 Å². The highest BCUT2D eigenvalue weighted by Crippen LogP contribution is 2.35. The third-order valence-electron chi connectivity index (χ3n) is 4.78. The zero-order valence-electron chi connectivity index (χ0n) is 14.7. The second-order valence-corrected chi connectivity index (χ2v) is 6.72. The normalized spacial score (nSPS) is 15.0. The van der Waals surface area contributed by atoms with E-state index >= 15 is 0 Å². The molecule has 2 aromatic carbocycles. The number of carbonyl (C=O) groups is 1. The van der Waals surface area contributed by atoms with Crippen molar-refractivity contribution in [2.45, 2.75) is 19.0 Å². The Bertz CT molecular complexity index is 830. The second-order valence-electron chi connectivity index (χ2n) is 6.72. The molecule has 0 aliphatic carbocycles. The monoisotopic (exact) mass is 346 g/mol. The first-order valence-corrected chi connectivity index (χ1v) is 8.86. The molecule has 5 nitrogen and oxygen atoms in total. The van der Waals surface area contributed by atoms with E-state index in [-0.39, 0.29) is 11.9 Å². The van der Waals surface area contributed by atoms with Crippen molar-refractivity contribution < 1.29 is 4.79 Å². The predicted molar refractivity (Wildman–Crippen MR) is 102 cm³/mol. The first kappa shape index (κ1) is 16.5. The van der Waals surface area contributed by atoms with Gasteiger partial charge in [0.25, 0.3) is 0 Å². The number of carbonyl (C=O) groups excluding carboxylic acids is 1. The van der Waals surface area contributed by atoms with E-state index in [0.29, 0.717) is 6.04 Å². The van der Waals surface area contributed by atoms with Gasteiger partial charge in [-0.05, 0) is 11.1 Å². The molecule has 132 valence electrons. The fraction of sp³-hybridized carbons (Fsp3) is 0.238. The zero-order chi connectivity index (χ0) is 17.9. The highest BCUT2D eigenvalue weighted by molar-refractivity contribution is 5.88. The van der Waals surface area contributed by atoms with E-state index in [1.807, 2.05) is 10.9 Å². The maximum atomic E-state index is 11.2. The lowest BCUT2D eigenvalue weighted by Crippen LogP contribution is -2.49. The predicted octanol–water partition coefficient (Wildman–Crippen LogP) is 3.49. The molecule has 1 aliphatic rings. The smallest absolute Gasteiger partial charge is 0.221 e. The summed E-state index contributed by atoms with van der Waals surface area (Å²) in [5.74, 6) is -0.0759. The molecule has 1 amide bonds. The third kappa shape index (κ3) is 3.39. The maximum Gasteiger partial charge on any atom is 0.221 e. The molecule has 4 rings (SSSR count). The summed E-state index contributed by atoms with van der Waals surface area (Å²) in [6.45, 7) is 3.36. The van der Waals surface area contributed by atoms with Gasteiger partial charge in [0.05, 0.1) is 24.0 Å². The van der Waals surface area contributed by atoms with Crippen molar-refractivity contribution in [1.29, 1.82) is 0 Å². The topological polar surface area (TPSA) is 50.2 Å². The molecule has 0 unspecified atom stereocenters. The summed E-state index contributed by atoms with van der Waals surface area (Å²) >= 11 is 0. The molecule has 26 heavy (non-hydrogen) atoms. The molecule has 1 fully saturated rings. The van der Waals surface area contributed by atoms with Crippen LogP contribution in [0.15, 0.2) is 73.1 Å². The molecule has 0 spiro atoms. The van der Waals surface area contributed by atoms with Gasteiger partial charge in [-0.25, -0.2) is 0 Å². The summed E-state index contributed by atoms with van der Waals surface area (Å²) in [6.07, 6.45) is 3.61. The van der Waals surface area contributed by atoms with Crippen molar-refractivity contribution in [3.8, 4) is 0 Å². The minimum absolute atomic E-state index is 0.0759. The van der Waals surface area contributed by atoms with E-state index in [1.165, 1.54) is 18.1 Å². The third-order valence-corrected chi connectivity index (χ3v) is 4.78. The molecule has 2 heterocycles. The van der Waals surface area contributed by atoms with Gasteiger partial charge in [0.15, 0.2) is 0 Å². The number of nitrogens with one attached hydrogen (secondary N) is 1. The van der Waals surface area contributed by atoms with Crippen LogP contribution in [0.4, 0.5) is 5.69 Å². The van der Waals surface area contributed by atoms with Gasteiger partial charge >= 0.3 is 0 Å². The number of anilines is 1. The molecular formula is C21H22N4O. The highest BCUT2D eigenvalue weighted by atomic mass is 16.1. The highest BCUT2D eigenvalue weighted by Gasteiger charge is 2.35. The molecule has 3 aromatic rings. The van der Waals surface area contributed by atoms with E-state index in [2.05, 4.69) is 76.0 Å². The Hall–Kier alpha value is -2.92. The Morgan fingerprint density at radius 2 is 1.62 bits per heavy atom. The summed E-state index contributed by atoms with van der Waals surface area (Å²) < 4.78 is 1.95. The Morgan fingerprint density at radius 3 is 2.15 bits per heavy atom. The van der Waals surface area contributed by atoms with Gasteiger partial charge in [-0.2, -0.15) is 5.10 Å². The molecule has 0 atom stereocenters. The lowest BCUT2D eigenvalue weighted by atomic mass is 9.93. The standard InChI is InChI=1S/C21H22N4O/c1-16(26)23-19-12-22-25(13-19)20-14-24(15-20)21(17-8-4-2-5-9-17)18-10-6-3-7-11-18/h2-13,20-21H,14-15H2,1H3,(H,23,26). The fourth-order valence-corrected chi connectivity index (χ4v) is 3.56. The minimum atomic E-state index is -0.0759. The largest absolute Gasteiger partial charge is 0.324 e. The van der Waals surface area contributed by atoms with Gasteiger partial charge in [-0.1, -0.05) is 60.7 Å². The number of hydrogen-bond acceptors (Lipinski definition) is 3. The van der Waals surface area contributed by atoms with Crippen LogP contribution >= 0.6 is 0 Å². The number of likely N-dealkylation sites (tertiary alicyclic amines) is 1. The zero-order valence-corrected chi connectivity index (χ0v) is 14.7. The molecule has 0 saturated carbocycles. The van der Waals surface area contributed by atoms with Crippen molar-refractivity contribution in [2.75, 3.05) is 18.4 Å². The Balaban J connectivity index is 1.51. The lowest BCUT2D eigenvalue weighted by Gasteiger charge is -2.44. The van der Waals surface area contributed by atoms with Crippen LogP contribution in [0.25, 0.3) is 0 Å². The summed E-state index contributed by atoms with van der Waals surface area (Å²) in [5.41, 5.74) is 3.35. The van der Waals surface area contributed by atoms with Crippen LogP contribution in [0.2, 0.25) is 0 Å². The van der Waals surface area contributed by atoms with Crippen LogP contribution in [-0.2, 0) is 4.79 Å². The van der Waals surface area contributed by atoms with Crippen molar-refractivity contribution in [3.05, 3.63) is 84.2 Å². The summed E-state index contributed by atoms with van der Waals surface area (Å²) in [4.78, 5) is 13.6. The molecule has 1 N–H and O–H groups in total. The van der Waals surface area contributed by atoms with Crippen molar-refractivity contribution in [2.24, 2.45) is 0 Å². The van der Waals surface area contributed by atoms with E-state index in [9.17, 15) is 4.79 Å². The van der Waals surface area contributed by atoms with Gasteiger partial charge in [0, 0.05) is 26.2 Å². The first-order valence-electron chi connectivity index (χ1n) is 8.86. The second kappa shape index (κ2) is 7.14. The van der Waals surface area contributed by atoms with E-state index in [4.69, 9.17) is 0 Å². The number of aromatic nitrogens is 2. The lowest BCUT2D eigenvalue weighted by molar-refractivity contribution is -0.114. The van der Waals surface area contributed by atoms with E-state index in [1.54, 1.807) is 6.20 Å². The van der Waals surface area contributed by atoms with Crippen LogP contribution in [0, 0.1) is 0 Å². The van der Waals surface area contributed by atoms with Crippen LogP contribution in [0.3, 0.4) is 0 Å². The van der Waals surface area contributed by atoms with Gasteiger partial charge in [-0.15, -0.1) is 0 Å². The van der Waals surface area contributed by atoms with Gasteiger partial charge in [-0.3, -0.25) is 14.4 Å². The Morgan fingerprint density at radius 1 is 1.04 bits per heavy atom. The number of hydrogen-bond donors (Lipinski definition) is 1. The molecule has 1 aromatic heterocycles. The van der Waals surface area contributed by atoms with Gasteiger partial charge in [0.2, 0.25) is 5.91 Å². The quantitative estimate of drug-likeness (QED) is 0.769. The van der Waals surface area contributed by atoms with E-state index < -0.39 is 0 Å². The SMILES string of the molecule is CC(=O)Nc1cnn(C2CN(C(c3ccccc3)c3ccccc3)C2)c1. The maximum absolute atomic E-state index is 11.2. The molecule has 0 bridgehead atoms. The molecule has 5 heteroatoms. The van der Waals surface area contributed by atoms with Crippen LogP contribution < -0.4 is 5.32 Å². The van der Waals surface area contributed by atoms with Gasteiger partial charge < -0.3 is 5.32 Å². The number of benzene rings is 2. The van der Waals surface area contributed by atoms with Crippen molar-refractivity contribution in [3.63, 3.8) is 0 Å². The van der Waals surface area contributed by atoms with Crippen molar-refractivity contribution >= 4 is 11.6 Å². The molecule has 1 saturated heterocycles. The minimum Gasteiger partial charge on any atom is -0.324 e. The molecule has 0 radical (unpaired) electrons. The average molecular weight is 346 g/mol. The van der Waals surface area contributed by atoms with E-state index in [0.717, 1.165) is 18.8 Å². The first-order chi connectivity index (χ1) is 12.7. The van der Waals surface area contributed by atoms with Crippen LogP contribution in [0.5, 0.6) is 0 Å². The Labute approximate surface area is 153 Å². The number of nitrogens with zero attached hydrogens (tertiary/aromatic N) is 3. The summed E-state index contributed by atoms with van der Waals surface area (Å²) in [6, 6.07) is 21.8. The van der Waals surface area contributed by atoms with Gasteiger partial charge in [0.1, 0.15) is 0 Å². The van der Waals surface area contributed by atoms with Crippen LogP contribution in [-0.4, -0.2) is 33.7 Å². The molecular weight excluding hydrogens is 324 g/mol. The molecule has 1 aliphatic heterocycles. The average Bonchev–Trinajstić information content (AvgIpc) is 3.06. The Kier molecular flexibility index (Phi) is 4.54. The number of rotatable bonds is 5. The summed E-state index contributed by atoms with van der Waals surface area (Å²) in [5, 5.41) is 7.18.